The number of nitrogens with zero attached hydrogens (tertiary/aromatic N) is 4. The molecule has 4 rings (SSSR count). The van der Waals surface area contributed by atoms with Gasteiger partial charge < -0.3 is 19.6 Å². The Bertz CT molecular complexity index is 791. The van der Waals surface area contributed by atoms with Crippen LogP contribution in [0.4, 0.5) is 4.79 Å². The van der Waals surface area contributed by atoms with Crippen molar-refractivity contribution in [2.75, 3.05) is 52.9 Å². The Labute approximate surface area is 203 Å². The highest BCUT2D eigenvalue weighted by Gasteiger charge is 2.43. The Morgan fingerprint density at radius 1 is 1.00 bits per heavy atom. The summed E-state index contributed by atoms with van der Waals surface area (Å²) in [5, 5.41) is 8.84. The largest absolute Gasteiger partial charge is 0.481 e. The molecule has 3 heterocycles. The molecule has 1 aromatic carbocycles. The first kappa shape index (κ1) is 24.9. The van der Waals surface area contributed by atoms with Crippen LogP contribution in [0, 0.1) is 5.92 Å². The number of hydrogen-bond donors (Lipinski definition) is 1. The smallest absolute Gasteiger partial charge is 0.411 e. The van der Waals surface area contributed by atoms with Gasteiger partial charge in [-0.3, -0.25) is 14.6 Å². The maximum Gasteiger partial charge on any atom is 0.411 e. The quantitative estimate of drug-likeness (QED) is 0.561. The minimum absolute atomic E-state index is 0.105. The lowest BCUT2D eigenvalue weighted by Crippen LogP contribution is -2.54. The summed E-state index contributed by atoms with van der Waals surface area (Å²) in [5.41, 5.74) is 1.38. The monoisotopic (exact) mass is 472 g/mol. The van der Waals surface area contributed by atoms with Crippen LogP contribution >= 0.6 is 0 Å². The van der Waals surface area contributed by atoms with Gasteiger partial charge in [0.15, 0.2) is 6.23 Å². The van der Waals surface area contributed by atoms with Crippen LogP contribution in [0.2, 0.25) is 0 Å². The minimum Gasteiger partial charge on any atom is -0.481 e. The number of benzene rings is 1. The molecule has 0 aromatic heterocycles. The molecule has 0 radical (unpaired) electrons. The molecule has 2 atom stereocenters. The Hall–Kier alpha value is -2.16. The zero-order valence-electron chi connectivity index (χ0n) is 20.5. The van der Waals surface area contributed by atoms with Crippen molar-refractivity contribution >= 4 is 12.1 Å². The van der Waals surface area contributed by atoms with Crippen molar-refractivity contribution in [2.45, 2.75) is 57.3 Å². The van der Waals surface area contributed by atoms with Gasteiger partial charge in [-0.25, -0.2) is 4.79 Å². The molecule has 1 N–H and O–H groups in total. The molecule has 8 nitrogen and oxygen atoms in total. The van der Waals surface area contributed by atoms with Crippen LogP contribution in [0.25, 0.3) is 0 Å². The number of hydrogen-bond acceptors (Lipinski definition) is 6. The lowest BCUT2D eigenvalue weighted by Gasteiger charge is -2.39. The van der Waals surface area contributed by atoms with E-state index in [0.717, 1.165) is 65.2 Å². The molecule has 1 aromatic rings. The van der Waals surface area contributed by atoms with Gasteiger partial charge in [0.1, 0.15) is 0 Å². The van der Waals surface area contributed by atoms with Gasteiger partial charge in [0.05, 0.1) is 6.04 Å². The number of carboxylic acids is 1. The van der Waals surface area contributed by atoms with E-state index in [2.05, 4.69) is 45.0 Å². The molecule has 2 unspecified atom stereocenters. The van der Waals surface area contributed by atoms with Crippen molar-refractivity contribution < 1.29 is 19.4 Å². The highest BCUT2D eigenvalue weighted by atomic mass is 16.6. The molecular weight excluding hydrogens is 432 g/mol. The van der Waals surface area contributed by atoms with Crippen molar-refractivity contribution in [1.82, 2.24) is 19.6 Å². The van der Waals surface area contributed by atoms with E-state index in [1.165, 1.54) is 18.4 Å². The van der Waals surface area contributed by atoms with Crippen molar-refractivity contribution in [3.05, 3.63) is 35.9 Å². The molecule has 1 amide bonds. The number of likely N-dealkylation sites (N-methyl/N-ethyl adjacent to an activating group) is 1. The van der Waals surface area contributed by atoms with E-state index in [4.69, 9.17) is 9.84 Å². The molecule has 3 fully saturated rings. The first-order chi connectivity index (χ1) is 16.5. The number of carbonyl (C=O) groups is 2. The molecular formula is C26H40N4O4. The second-order valence-electron chi connectivity index (χ2n) is 10.1. The predicted octanol–water partition coefficient (Wildman–Crippen LogP) is 2.94. The third-order valence-electron chi connectivity index (χ3n) is 7.79. The summed E-state index contributed by atoms with van der Waals surface area (Å²) >= 11 is 0. The van der Waals surface area contributed by atoms with Crippen LogP contribution in [0.3, 0.4) is 0 Å². The lowest BCUT2D eigenvalue weighted by molar-refractivity contribution is -0.137. The van der Waals surface area contributed by atoms with Crippen molar-refractivity contribution in [3.8, 4) is 0 Å². The zero-order chi connectivity index (χ0) is 23.9. The Morgan fingerprint density at radius 3 is 2.38 bits per heavy atom. The normalized spacial score (nSPS) is 25.6. The van der Waals surface area contributed by atoms with Crippen molar-refractivity contribution in [3.63, 3.8) is 0 Å². The van der Waals surface area contributed by atoms with Gasteiger partial charge >= 0.3 is 12.1 Å². The van der Waals surface area contributed by atoms with Gasteiger partial charge in [-0.15, -0.1) is 0 Å². The first-order valence-corrected chi connectivity index (χ1v) is 12.9. The summed E-state index contributed by atoms with van der Waals surface area (Å²) in [7, 11) is 1.87. The Morgan fingerprint density at radius 2 is 1.71 bits per heavy atom. The molecule has 188 valence electrons. The molecule has 3 saturated heterocycles. The number of carbonyl (C=O) groups excluding carboxylic acids is 1. The van der Waals surface area contributed by atoms with Crippen LogP contribution in [0.5, 0.6) is 0 Å². The summed E-state index contributed by atoms with van der Waals surface area (Å²) in [4.78, 5) is 32.1. The predicted molar refractivity (Wildman–Crippen MR) is 130 cm³/mol. The number of cyclic esters (lactones) is 1. The number of ether oxygens (including phenoxy) is 1. The number of aliphatic carboxylic acids is 1. The van der Waals surface area contributed by atoms with Crippen LogP contribution in [0.15, 0.2) is 30.3 Å². The van der Waals surface area contributed by atoms with Crippen LogP contribution in [-0.2, 0) is 16.1 Å². The summed E-state index contributed by atoms with van der Waals surface area (Å²) in [6.45, 7) is 7.63. The van der Waals surface area contributed by atoms with E-state index in [1.807, 2.05) is 7.05 Å². The summed E-state index contributed by atoms with van der Waals surface area (Å²) < 4.78 is 5.81. The standard InChI is InChI=1S/C26H40N4O4/c1-27-23(10-9-21-11-14-29(15-12-21)20-22-6-3-2-4-7-22)25(34-26(27)33)30-18-16-28(17-19-30)13-5-8-24(31)32/h2-4,6-7,21,23,25H,5,8-20H2,1H3,(H,31,32). The fourth-order valence-corrected chi connectivity index (χ4v) is 5.62. The third kappa shape index (κ3) is 6.71. The number of piperazine rings is 1. The van der Waals surface area contributed by atoms with E-state index >= 15 is 0 Å². The average Bonchev–Trinajstić information content (AvgIpc) is 3.13. The average molecular weight is 473 g/mol. The number of carboxylic acid groups (broad SMARTS) is 1. The second kappa shape index (κ2) is 12.0. The highest BCUT2D eigenvalue weighted by Crippen LogP contribution is 2.30. The third-order valence-corrected chi connectivity index (χ3v) is 7.79. The number of amides is 1. The zero-order valence-corrected chi connectivity index (χ0v) is 20.5. The molecule has 0 spiro atoms. The van der Waals surface area contributed by atoms with Crippen LogP contribution in [-0.4, -0.2) is 102 Å². The van der Waals surface area contributed by atoms with Gasteiger partial charge in [-0.05, 0) is 63.2 Å². The summed E-state index contributed by atoms with van der Waals surface area (Å²) in [5.74, 6) is -0.0212. The molecule has 8 heteroatoms. The molecule has 0 bridgehead atoms. The second-order valence-corrected chi connectivity index (χ2v) is 10.1. The molecule has 3 aliphatic rings. The maximum absolute atomic E-state index is 12.4. The fraction of sp³-hybridized carbons (Fsp3) is 0.692. The van der Waals surface area contributed by atoms with E-state index < -0.39 is 5.97 Å². The van der Waals surface area contributed by atoms with Gasteiger partial charge in [0.2, 0.25) is 0 Å². The molecule has 3 aliphatic heterocycles. The first-order valence-electron chi connectivity index (χ1n) is 12.9. The maximum atomic E-state index is 12.4. The Balaban J connectivity index is 1.21. The SMILES string of the molecule is CN1C(=O)OC(N2CCN(CCCC(=O)O)CC2)C1CCC1CCN(Cc2ccccc2)CC1. The number of rotatable bonds is 10. The van der Waals surface area contributed by atoms with Crippen LogP contribution in [0.1, 0.15) is 44.1 Å². The van der Waals surface area contributed by atoms with Gasteiger partial charge in [-0.1, -0.05) is 30.3 Å². The lowest BCUT2D eigenvalue weighted by atomic mass is 9.90. The minimum atomic E-state index is -0.732. The van der Waals surface area contributed by atoms with E-state index in [0.29, 0.717) is 12.3 Å². The highest BCUT2D eigenvalue weighted by molar-refractivity contribution is 5.70. The van der Waals surface area contributed by atoms with E-state index in [9.17, 15) is 9.59 Å². The topological polar surface area (TPSA) is 76.6 Å². The van der Waals surface area contributed by atoms with Crippen LogP contribution < -0.4 is 0 Å². The molecule has 0 aliphatic carbocycles. The van der Waals surface area contributed by atoms with E-state index in [-0.39, 0.29) is 24.8 Å². The van der Waals surface area contributed by atoms with Gasteiger partial charge in [0.25, 0.3) is 0 Å². The fourth-order valence-electron chi connectivity index (χ4n) is 5.62. The molecule has 0 saturated carbocycles. The number of piperidine rings is 1. The van der Waals surface area contributed by atoms with Gasteiger partial charge in [0, 0.05) is 46.2 Å². The number of likely N-dealkylation sites (tertiary alicyclic amines) is 1. The van der Waals surface area contributed by atoms with Crippen molar-refractivity contribution in [2.24, 2.45) is 5.92 Å². The summed E-state index contributed by atoms with van der Waals surface area (Å²) in [6.07, 6.45) is 5.08. The summed E-state index contributed by atoms with van der Waals surface area (Å²) in [6, 6.07) is 10.8. The van der Waals surface area contributed by atoms with Gasteiger partial charge in [-0.2, -0.15) is 0 Å². The molecule has 34 heavy (non-hydrogen) atoms. The Kier molecular flexibility index (Phi) is 8.80. The van der Waals surface area contributed by atoms with Crippen molar-refractivity contribution in [1.29, 1.82) is 0 Å². The van der Waals surface area contributed by atoms with E-state index in [1.54, 1.807) is 4.90 Å².